The molecule has 3 aromatic rings. The first-order chi connectivity index (χ1) is 9.74. The quantitative estimate of drug-likeness (QED) is 0.762. The summed E-state index contributed by atoms with van der Waals surface area (Å²) in [5.41, 5.74) is 3.16. The maximum absolute atomic E-state index is 6.09. The smallest absolute Gasteiger partial charge is 0.212 e. The zero-order valence-electron chi connectivity index (χ0n) is 11.0. The molecule has 0 saturated heterocycles. The molecule has 0 aliphatic heterocycles. The van der Waals surface area contributed by atoms with Crippen LogP contribution in [-0.2, 0) is 0 Å². The highest BCUT2D eigenvalue weighted by Crippen LogP contribution is 2.24. The Morgan fingerprint density at radius 2 is 1.90 bits per heavy atom. The number of hydrogen-bond acceptors (Lipinski definition) is 2. The Bertz CT molecular complexity index is 720. The van der Waals surface area contributed by atoms with Crippen LogP contribution < -0.4 is 5.32 Å². The van der Waals surface area contributed by atoms with Crippen LogP contribution in [0.15, 0.2) is 60.9 Å². The third kappa shape index (κ3) is 2.53. The van der Waals surface area contributed by atoms with Crippen molar-refractivity contribution < 1.29 is 0 Å². The number of imidazole rings is 1. The molecule has 0 atom stereocenters. The van der Waals surface area contributed by atoms with Crippen LogP contribution in [0, 0.1) is 6.92 Å². The first kappa shape index (κ1) is 12.8. The number of aryl methyl sites for hydroxylation is 1. The van der Waals surface area contributed by atoms with Crippen LogP contribution in [0.3, 0.4) is 0 Å². The van der Waals surface area contributed by atoms with Crippen molar-refractivity contribution in [1.82, 2.24) is 9.55 Å². The Kier molecular flexibility index (Phi) is 3.44. The lowest BCUT2D eigenvalue weighted by molar-refractivity contribution is 1.05. The van der Waals surface area contributed by atoms with Crippen LogP contribution in [0.1, 0.15) is 5.56 Å². The van der Waals surface area contributed by atoms with Gasteiger partial charge in [0.2, 0.25) is 5.95 Å². The van der Waals surface area contributed by atoms with Crippen molar-refractivity contribution in [3.05, 3.63) is 71.5 Å². The molecule has 1 N–H and O–H groups in total. The first-order valence-corrected chi connectivity index (χ1v) is 6.74. The summed E-state index contributed by atoms with van der Waals surface area (Å²) in [7, 11) is 0. The van der Waals surface area contributed by atoms with E-state index in [0.717, 1.165) is 22.9 Å². The van der Waals surface area contributed by atoms with E-state index in [2.05, 4.69) is 17.2 Å². The molecule has 3 nitrogen and oxygen atoms in total. The van der Waals surface area contributed by atoms with Crippen LogP contribution in [0.4, 0.5) is 11.6 Å². The summed E-state index contributed by atoms with van der Waals surface area (Å²) < 4.78 is 1.99. The van der Waals surface area contributed by atoms with Gasteiger partial charge in [-0.25, -0.2) is 4.98 Å². The highest BCUT2D eigenvalue weighted by molar-refractivity contribution is 6.30. The van der Waals surface area contributed by atoms with E-state index in [1.807, 2.05) is 59.3 Å². The van der Waals surface area contributed by atoms with Crippen molar-refractivity contribution in [2.24, 2.45) is 0 Å². The molecule has 0 aliphatic rings. The van der Waals surface area contributed by atoms with Gasteiger partial charge in [0.25, 0.3) is 0 Å². The lowest BCUT2D eigenvalue weighted by Crippen LogP contribution is -2.02. The van der Waals surface area contributed by atoms with E-state index in [-0.39, 0.29) is 0 Å². The SMILES string of the molecule is Cc1ccc(Cl)cc1-n1ccnc1Nc1ccccc1. The van der Waals surface area contributed by atoms with Crippen LogP contribution >= 0.6 is 11.6 Å². The minimum atomic E-state index is 0.713. The number of halogens is 1. The second kappa shape index (κ2) is 5.39. The number of nitrogens with one attached hydrogen (secondary N) is 1. The summed E-state index contributed by atoms with van der Waals surface area (Å²) in [5, 5.41) is 4.02. The average molecular weight is 284 g/mol. The van der Waals surface area contributed by atoms with E-state index in [1.165, 1.54) is 0 Å². The van der Waals surface area contributed by atoms with E-state index in [0.29, 0.717) is 5.02 Å². The molecule has 3 rings (SSSR count). The summed E-state index contributed by atoms with van der Waals surface area (Å²) in [6, 6.07) is 15.8. The number of rotatable bonds is 3. The lowest BCUT2D eigenvalue weighted by Gasteiger charge is -2.12. The number of benzene rings is 2. The van der Waals surface area contributed by atoms with E-state index in [9.17, 15) is 0 Å². The zero-order chi connectivity index (χ0) is 13.9. The zero-order valence-corrected chi connectivity index (χ0v) is 11.8. The van der Waals surface area contributed by atoms with Gasteiger partial charge in [0.05, 0.1) is 5.69 Å². The molecule has 20 heavy (non-hydrogen) atoms. The maximum Gasteiger partial charge on any atom is 0.212 e. The third-order valence-electron chi connectivity index (χ3n) is 3.10. The molecule has 4 heteroatoms. The van der Waals surface area contributed by atoms with Gasteiger partial charge in [0.1, 0.15) is 0 Å². The minimum Gasteiger partial charge on any atom is -0.325 e. The molecular formula is C16H14ClN3. The van der Waals surface area contributed by atoms with Gasteiger partial charge in [-0.1, -0.05) is 35.9 Å². The molecule has 0 fully saturated rings. The molecule has 1 aromatic heterocycles. The molecule has 0 unspecified atom stereocenters. The largest absolute Gasteiger partial charge is 0.325 e. The lowest BCUT2D eigenvalue weighted by atomic mass is 10.2. The van der Waals surface area contributed by atoms with Gasteiger partial charge in [-0.2, -0.15) is 0 Å². The average Bonchev–Trinajstić information content (AvgIpc) is 2.91. The fourth-order valence-electron chi connectivity index (χ4n) is 2.08. The van der Waals surface area contributed by atoms with E-state index in [1.54, 1.807) is 6.20 Å². The molecule has 0 saturated carbocycles. The summed E-state index contributed by atoms with van der Waals surface area (Å²) in [4.78, 5) is 4.37. The van der Waals surface area contributed by atoms with Gasteiger partial charge in [-0.05, 0) is 36.8 Å². The standard InChI is InChI=1S/C16H14ClN3/c1-12-7-8-13(17)11-15(12)20-10-9-18-16(20)19-14-5-3-2-4-6-14/h2-11H,1H3,(H,18,19). The summed E-state index contributed by atoms with van der Waals surface area (Å²) in [6.45, 7) is 2.05. The number of anilines is 2. The second-order valence-electron chi connectivity index (χ2n) is 4.54. The van der Waals surface area contributed by atoms with Crippen molar-refractivity contribution in [3.63, 3.8) is 0 Å². The molecule has 1 heterocycles. The van der Waals surface area contributed by atoms with Crippen molar-refractivity contribution in [3.8, 4) is 5.69 Å². The first-order valence-electron chi connectivity index (χ1n) is 6.36. The molecule has 0 aliphatic carbocycles. The fraction of sp³-hybridized carbons (Fsp3) is 0.0625. The Balaban J connectivity index is 2.00. The highest BCUT2D eigenvalue weighted by atomic mass is 35.5. The summed E-state index contributed by atoms with van der Waals surface area (Å²) in [6.07, 6.45) is 3.69. The van der Waals surface area contributed by atoms with Crippen LogP contribution in [-0.4, -0.2) is 9.55 Å². The van der Waals surface area contributed by atoms with Gasteiger partial charge in [-0.15, -0.1) is 0 Å². The maximum atomic E-state index is 6.09. The Labute approximate surface area is 122 Å². The highest BCUT2D eigenvalue weighted by Gasteiger charge is 2.08. The van der Waals surface area contributed by atoms with Crippen molar-refractivity contribution in [1.29, 1.82) is 0 Å². The van der Waals surface area contributed by atoms with Crippen molar-refractivity contribution >= 4 is 23.2 Å². The second-order valence-corrected chi connectivity index (χ2v) is 4.98. The summed E-state index contributed by atoms with van der Waals surface area (Å²) >= 11 is 6.09. The molecule has 2 aromatic carbocycles. The number of para-hydroxylation sites is 1. The molecule has 0 amide bonds. The van der Waals surface area contributed by atoms with Crippen LogP contribution in [0.2, 0.25) is 5.02 Å². The van der Waals surface area contributed by atoms with Crippen molar-refractivity contribution in [2.75, 3.05) is 5.32 Å². The van der Waals surface area contributed by atoms with Gasteiger partial charge in [0, 0.05) is 23.1 Å². The topological polar surface area (TPSA) is 29.9 Å². The van der Waals surface area contributed by atoms with Gasteiger partial charge in [-0.3, -0.25) is 4.57 Å². The van der Waals surface area contributed by atoms with E-state index in [4.69, 9.17) is 11.6 Å². The third-order valence-corrected chi connectivity index (χ3v) is 3.34. The van der Waals surface area contributed by atoms with Crippen LogP contribution in [0.25, 0.3) is 5.69 Å². The molecular weight excluding hydrogens is 270 g/mol. The van der Waals surface area contributed by atoms with E-state index < -0.39 is 0 Å². The predicted molar refractivity (Wildman–Crippen MR) is 83.0 cm³/mol. The molecule has 0 spiro atoms. The minimum absolute atomic E-state index is 0.713. The normalized spacial score (nSPS) is 10.5. The number of nitrogens with zero attached hydrogens (tertiary/aromatic N) is 2. The predicted octanol–water partition coefficient (Wildman–Crippen LogP) is 4.58. The van der Waals surface area contributed by atoms with Gasteiger partial charge in [0.15, 0.2) is 0 Å². The van der Waals surface area contributed by atoms with Gasteiger partial charge < -0.3 is 5.32 Å². The Morgan fingerprint density at radius 3 is 2.70 bits per heavy atom. The Morgan fingerprint density at radius 1 is 1.10 bits per heavy atom. The van der Waals surface area contributed by atoms with E-state index >= 15 is 0 Å². The number of hydrogen-bond donors (Lipinski definition) is 1. The monoisotopic (exact) mass is 283 g/mol. The molecule has 0 radical (unpaired) electrons. The molecule has 0 bridgehead atoms. The fourth-order valence-corrected chi connectivity index (χ4v) is 2.25. The van der Waals surface area contributed by atoms with Crippen molar-refractivity contribution in [2.45, 2.75) is 6.92 Å². The number of aromatic nitrogens is 2. The molecule has 100 valence electrons. The van der Waals surface area contributed by atoms with Crippen LogP contribution in [0.5, 0.6) is 0 Å². The Hall–Kier alpha value is -2.26. The summed E-state index contributed by atoms with van der Waals surface area (Å²) in [5.74, 6) is 0.765. The van der Waals surface area contributed by atoms with Gasteiger partial charge >= 0.3 is 0 Å².